The Hall–Kier alpha value is -1.31. The van der Waals surface area contributed by atoms with Crippen LogP contribution in [0, 0.1) is 17.8 Å². The third-order valence-electron chi connectivity index (χ3n) is 2.62. The lowest BCUT2D eigenvalue weighted by molar-refractivity contribution is 0.0953. The fraction of sp³-hybridized carbons (Fsp3) is 0.417. The van der Waals surface area contributed by atoms with Crippen LogP contribution in [0.5, 0.6) is 0 Å². The van der Waals surface area contributed by atoms with Gasteiger partial charge in [0.15, 0.2) is 0 Å². The Bertz CT molecular complexity index is 455. The molecule has 1 aromatic rings. The topological polar surface area (TPSA) is 55.1 Å². The Morgan fingerprint density at radius 3 is 3.12 bits per heavy atom. The number of carbonyl (C=O) groups excluding carboxylic acids is 1. The highest BCUT2D eigenvalue weighted by Crippen LogP contribution is 2.29. The van der Waals surface area contributed by atoms with Gasteiger partial charge in [0.25, 0.3) is 5.91 Å². The minimum Gasteiger partial charge on any atom is -0.348 e. The van der Waals surface area contributed by atoms with Gasteiger partial charge in [-0.3, -0.25) is 4.79 Å². The summed E-state index contributed by atoms with van der Waals surface area (Å²) in [5.41, 5.74) is 6.09. The zero-order chi connectivity index (χ0) is 11.5. The molecule has 1 saturated carbocycles. The van der Waals surface area contributed by atoms with E-state index >= 15 is 0 Å². The van der Waals surface area contributed by atoms with Crippen molar-refractivity contribution < 1.29 is 4.79 Å². The lowest BCUT2D eigenvalue weighted by Crippen LogP contribution is -2.26. The van der Waals surface area contributed by atoms with Crippen LogP contribution in [0.4, 0.5) is 0 Å². The SMILES string of the molecule is CC1CC1NC(=O)c1sccc1C#CCN. The number of nitrogens with one attached hydrogen (secondary N) is 1. The summed E-state index contributed by atoms with van der Waals surface area (Å²) in [6.45, 7) is 2.45. The predicted molar refractivity (Wildman–Crippen MR) is 65.3 cm³/mol. The summed E-state index contributed by atoms with van der Waals surface area (Å²) in [6.07, 6.45) is 1.08. The van der Waals surface area contributed by atoms with Gasteiger partial charge in [0.1, 0.15) is 4.88 Å². The maximum atomic E-state index is 11.9. The maximum absolute atomic E-state index is 11.9. The first kappa shape index (κ1) is 11.2. The van der Waals surface area contributed by atoms with E-state index in [2.05, 4.69) is 24.1 Å². The van der Waals surface area contributed by atoms with E-state index in [4.69, 9.17) is 5.73 Å². The monoisotopic (exact) mass is 234 g/mol. The van der Waals surface area contributed by atoms with Crippen LogP contribution in [0.2, 0.25) is 0 Å². The minimum absolute atomic E-state index is 0.00864. The smallest absolute Gasteiger partial charge is 0.262 e. The molecular formula is C12H14N2OS. The van der Waals surface area contributed by atoms with Gasteiger partial charge < -0.3 is 11.1 Å². The molecule has 1 amide bonds. The van der Waals surface area contributed by atoms with Crippen LogP contribution >= 0.6 is 11.3 Å². The molecule has 2 rings (SSSR count). The Kier molecular flexibility index (Phi) is 3.28. The second-order valence-electron chi connectivity index (χ2n) is 3.96. The molecule has 0 aromatic carbocycles. The van der Waals surface area contributed by atoms with Crippen LogP contribution in [0.3, 0.4) is 0 Å². The molecule has 2 unspecified atom stereocenters. The van der Waals surface area contributed by atoms with Gasteiger partial charge >= 0.3 is 0 Å². The lowest BCUT2D eigenvalue weighted by atomic mass is 10.2. The molecule has 0 saturated heterocycles. The molecule has 16 heavy (non-hydrogen) atoms. The largest absolute Gasteiger partial charge is 0.348 e. The molecule has 0 bridgehead atoms. The van der Waals surface area contributed by atoms with E-state index in [0.717, 1.165) is 12.0 Å². The van der Waals surface area contributed by atoms with E-state index in [1.54, 1.807) is 0 Å². The van der Waals surface area contributed by atoms with Crippen molar-refractivity contribution >= 4 is 17.2 Å². The molecule has 1 heterocycles. The summed E-state index contributed by atoms with van der Waals surface area (Å²) in [5, 5.41) is 4.88. The van der Waals surface area contributed by atoms with Crippen molar-refractivity contribution in [2.45, 2.75) is 19.4 Å². The van der Waals surface area contributed by atoms with E-state index in [-0.39, 0.29) is 5.91 Å². The molecule has 1 fully saturated rings. The molecule has 2 atom stereocenters. The highest BCUT2D eigenvalue weighted by molar-refractivity contribution is 7.12. The van der Waals surface area contributed by atoms with E-state index in [0.29, 0.717) is 23.4 Å². The summed E-state index contributed by atoms with van der Waals surface area (Å²) in [5.74, 6) is 6.29. The van der Waals surface area contributed by atoms with Crippen LogP contribution in [0.15, 0.2) is 11.4 Å². The second kappa shape index (κ2) is 4.69. The number of amides is 1. The van der Waals surface area contributed by atoms with Gasteiger partial charge in [0.2, 0.25) is 0 Å². The van der Waals surface area contributed by atoms with Crippen molar-refractivity contribution in [1.82, 2.24) is 5.32 Å². The molecule has 1 aliphatic carbocycles. The quantitative estimate of drug-likeness (QED) is 0.755. The minimum atomic E-state index is -0.00864. The average Bonchev–Trinajstić information content (AvgIpc) is 2.81. The summed E-state index contributed by atoms with van der Waals surface area (Å²) >= 11 is 1.42. The number of thiophene rings is 1. The number of hydrogen-bond donors (Lipinski definition) is 2. The second-order valence-corrected chi connectivity index (χ2v) is 4.88. The molecule has 1 aromatic heterocycles. The zero-order valence-corrected chi connectivity index (χ0v) is 9.93. The molecule has 0 radical (unpaired) electrons. The summed E-state index contributed by atoms with van der Waals surface area (Å²) < 4.78 is 0. The Balaban J connectivity index is 2.07. The van der Waals surface area contributed by atoms with Crippen molar-refractivity contribution in [2.75, 3.05) is 6.54 Å². The Labute approximate surface area is 99.0 Å². The van der Waals surface area contributed by atoms with E-state index in [1.165, 1.54) is 11.3 Å². The van der Waals surface area contributed by atoms with Crippen LogP contribution in [0.25, 0.3) is 0 Å². The van der Waals surface area contributed by atoms with Crippen LogP contribution < -0.4 is 11.1 Å². The van der Waals surface area contributed by atoms with Crippen LogP contribution in [-0.2, 0) is 0 Å². The van der Waals surface area contributed by atoms with Crippen molar-refractivity contribution in [2.24, 2.45) is 11.7 Å². The summed E-state index contributed by atoms with van der Waals surface area (Å²) in [7, 11) is 0. The molecule has 3 nitrogen and oxygen atoms in total. The van der Waals surface area contributed by atoms with Crippen LogP contribution in [-0.4, -0.2) is 18.5 Å². The van der Waals surface area contributed by atoms with Gasteiger partial charge in [-0.2, -0.15) is 0 Å². The third-order valence-corrected chi connectivity index (χ3v) is 3.54. The third kappa shape index (κ3) is 2.43. The molecule has 1 aliphatic rings. The van der Waals surface area contributed by atoms with Crippen molar-refractivity contribution in [1.29, 1.82) is 0 Å². The van der Waals surface area contributed by atoms with Gasteiger partial charge in [-0.1, -0.05) is 18.8 Å². The first-order valence-electron chi connectivity index (χ1n) is 5.29. The Morgan fingerprint density at radius 1 is 1.75 bits per heavy atom. The summed E-state index contributed by atoms with van der Waals surface area (Å²) in [6, 6.07) is 2.21. The number of nitrogens with two attached hydrogens (primary N) is 1. The highest BCUT2D eigenvalue weighted by atomic mass is 32.1. The number of carbonyl (C=O) groups is 1. The van der Waals surface area contributed by atoms with E-state index in [9.17, 15) is 4.79 Å². The fourth-order valence-corrected chi connectivity index (χ4v) is 2.24. The van der Waals surface area contributed by atoms with Crippen LogP contribution in [0.1, 0.15) is 28.6 Å². The standard InChI is InChI=1S/C12H14N2OS/c1-8-7-10(8)14-12(15)11-9(3-2-5-13)4-6-16-11/h4,6,8,10H,5,7,13H2,1H3,(H,14,15). The lowest BCUT2D eigenvalue weighted by Gasteiger charge is -2.01. The molecule has 0 spiro atoms. The van der Waals surface area contributed by atoms with Gasteiger partial charge in [-0.15, -0.1) is 11.3 Å². The Morgan fingerprint density at radius 2 is 2.50 bits per heavy atom. The van der Waals surface area contributed by atoms with Gasteiger partial charge in [-0.25, -0.2) is 0 Å². The molecular weight excluding hydrogens is 220 g/mol. The fourth-order valence-electron chi connectivity index (χ4n) is 1.49. The first-order valence-corrected chi connectivity index (χ1v) is 6.17. The predicted octanol–water partition coefficient (Wildman–Crippen LogP) is 1.20. The normalized spacial score (nSPS) is 22.1. The molecule has 84 valence electrons. The van der Waals surface area contributed by atoms with Crippen molar-refractivity contribution in [3.63, 3.8) is 0 Å². The van der Waals surface area contributed by atoms with E-state index in [1.807, 2.05) is 11.4 Å². The number of rotatable bonds is 2. The van der Waals surface area contributed by atoms with E-state index < -0.39 is 0 Å². The molecule has 3 N–H and O–H groups in total. The zero-order valence-electron chi connectivity index (χ0n) is 9.12. The maximum Gasteiger partial charge on any atom is 0.262 e. The molecule has 0 aliphatic heterocycles. The van der Waals surface area contributed by atoms with Gasteiger partial charge in [-0.05, 0) is 23.8 Å². The van der Waals surface area contributed by atoms with Crippen molar-refractivity contribution in [3.05, 3.63) is 21.9 Å². The van der Waals surface area contributed by atoms with Gasteiger partial charge in [0.05, 0.1) is 6.54 Å². The summed E-state index contributed by atoms with van der Waals surface area (Å²) in [4.78, 5) is 12.6. The average molecular weight is 234 g/mol. The first-order chi connectivity index (χ1) is 7.72. The molecule has 4 heteroatoms. The van der Waals surface area contributed by atoms with Gasteiger partial charge in [0, 0.05) is 11.6 Å². The highest BCUT2D eigenvalue weighted by Gasteiger charge is 2.34. The number of hydrogen-bond acceptors (Lipinski definition) is 3. The van der Waals surface area contributed by atoms with Crippen molar-refractivity contribution in [3.8, 4) is 11.8 Å².